The minimum absolute atomic E-state index is 0.0928. The summed E-state index contributed by atoms with van der Waals surface area (Å²) in [6, 6.07) is 16.0. The number of aromatic hydroxyl groups is 1. The van der Waals surface area contributed by atoms with Crippen LogP contribution in [-0.2, 0) is 0 Å². The minimum Gasteiger partial charge on any atom is -0.508 e. The van der Waals surface area contributed by atoms with Crippen LogP contribution in [0.3, 0.4) is 0 Å². The van der Waals surface area contributed by atoms with E-state index in [0.717, 1.165) is 10.0 Å². The number of para-hydroxylation sites is 1. The van der Waals surface area contributed by atoms with Gasteiger partial charge in [-0.05, 0) is 37.6 Å². The molecule has 0 heterocycles. The van der Waals surface area contributed by atoms with Gasteiger partial charge in [0.25, 0.3) is 0 Å². The van der Waals surface area contributed by atoms with E-state index in [0.29, 0.717) is 5.75 Å². The van der Waals surface area contributed by atoms with Crippen LogP contribution in [0.25, 0.3) is 0 Å². The van der Waals surface area contributed by atoms with Gasteiger partial charge in [0, 0.05) is 22.1 Å². The Hall–Kier alpha value is -1.32. The van der Waals surface area contributed by atoms with E-state index in [1.807, 2.05) is 30.3 Å². The third-order valence-electron chi connectivity index (χ3n) is 3.25. The summed E-state index contributed by atoms with van der Waals surface area (Å²) >= 11 is 3.49. The van der Waals surface area contributed by atoms with Crippen molar-refractivity contribution in [2.75, 3.05) is 0 Å². The summed E-state index contributed by atoms with van der Waals surface area (Å²) in [6.07, 6.45) is 0. The molecule has 0 bridgehead atoms. The van der Waals surface area contributed by atoms with Crippen molar-refractivity contribution in [3.8, 4) is 5.75 Å². The van der Waals surface area contributed by atoms with Crippen molar-refractivity contribution in [1.29, 1.82) is 0 Å². The van der Waals surface area contributed by atoms with Crippen molar-refractivity contribution < 1.29 is 5.11 Å². The Morgan fingerprint density at radius 3 is 2.42 bits per heavy atom. The van der Waals surface area contributed by atoms with Crippen LogP contribution in [0.1, 0.15) is 37.1 Å². The Bertz CT molecular complexity index is 556. The van der Waals surface area contributed by atoms with Crippen LogP contribution >= 0.6 is 15.9 Å². The van der Waals surface area contributed by atoms with Gasteiger partial charge in [-0.3, -0.25) is 0 Å². The molecule has 0 amide bonds. The van der Waals surface area contributed by atoms with Crippen molar-refractivity contribution in [2.24, 2.45) is 0 Å². The van der Waals surface area contributed by atoms with Gasteiger partial charge in [0.15, 0.2) is 0 Å². The number of hydrogen-bond donors (Lipinski definition) is 2. The van der Waals surface area contributed by atoms with E-state index >= 15 is 0 Å². The van der Waals surface area contributed by atoms with Crippen LogP contribution < -0.4 is 5.32 Å². The van der Waals surface area contributed by atoms with Crippen molar-refractivity contribution in [3.63, 3.8) is 0 Å². The molecule has 0 aliphatic carbocycles. The number of phenolic OH excluding ortho intramolecular Hbond substituents is 1. The summed E-state index contributed by atoms with van der Waals surface area (Å²) in [5, 5.41) is 13.4. The number of hydrogen-bond acceptors (Lipinski definition) is 2. The van der Waals surface area contributed by atoms with Crippen LogP contribution in [0.5, 0.6) is 5.75 Å². The Balaban J connectivity index is 2.11. The second-order valence-electron chi connectivity index (χ2n) is 4.72. The largest absolute Gasteiger partial charge is 0.508 e. The van der Waals surface area contributed by atoms with Gasteiger partial charge in [-0.25, -0.2) is 0 Å². The van der Waals surface area contributed by atoms with Crippen LogP contribution in [0, 0.1) is 0 Å². The molecule has 100 valence electrons. The van der Waals surface area contributed by atoms with Crippen molar-refractivity contribution >= 4 is 15.9 Å². The molecule has 0 aliphatic heterocycles. The maximum absolute atomic E-state index is 9.86. The van der Waals surface area contributed by atoms with Gasteiger partial charge in [0.2, 0.25) is 0 Å². The molecule has 0 fully saturated rings. The lowest BCUT2D eigenvalue weighted by Gasteiger charge is -2.21. The zero-order valence-corrected chi connectivity index (χ0v) is 12.7. The summed E-state index contributed by atoms with van der Waals surface area (Å²) in [5.41, 5.74) is 2.14. The molecule has 19 heavy (non-hydrogen) atoms. The van der Waals surface area contributed by atoms with Gasteiger partial charge in [-0.2, -0.15) is 0 Å². The quantitative estimate of drug-likeness (QED) is 0.865. The molecule has 2 aromatic carbocycles. The fourth-order valence-electron chi connectivity index (χ4n) is 2.19. The normalized spacial score (nSPS) is 14.1. The molecular weight excluding hydrogens is 302 g/mol. The molecule has 2 atom stereocenters. The van der Waals surface area contributed by atoms with Crippen LogP contribution in [0.15, 0.2) is 53.0 Å². The number of rotatable bonds is 4. The molecule has 0 saturated carbocycles. The first-order chi connectivity index (χ1) is 9.08. The molecule has 1 unspecified atom stereocenters. The molecule has 0 aromatic heterocycles. The average molecular weight is 320 g/mol. The first-order valence-electron chi connectivity index (χ1n) is 6.37. The van der Waals surface area contributed by atoms with E-state index in [1.165, 1.54) is 5.56 Å². The minimum atomic E-state index is 0.0928. The van der Waals surface area contributed by atoms with E-state index in [2.05, 4.69) is 47.2 Å². The Labute approximate surface area is 122 Å². The second-order valence-corrected chi connectivity index (χ2v) is 5.64. The fourth-order valence-corrected chi connectivity index (χ4v) is 2.61. The molecule has 3 heteroatoms. The molecule has 2 nitrogen and oxygen atoms in total. The molecule has 2 aromatic rings. The van der Waals surface area contributed by atoms with E-state index in [1.54, 1.807) is 6.07 Å². The molecule has 0 saturated heterocycles. The van der Waals surface area contributed by atoms with E-state index < -0.39 is 0 Å². The third kappa shape index (κ3) is 3.58. The first-order valence-corrected chi connectivity index (χ1v) is 7.16. The van der Waals surface area contributed by atoms with Crippen LogP contribution in [0.4, 0.5) is 0 Å². The highest BCUT2D eigenvalue weighted by Gasteiger charge is 2.13. The number of phenols is 1. The summed E-state index contributed by atoms with van der Waals surface area (Å²) in [7, 11) is 0. The Kier molecular flexibility index (Phi) is 4.61. The Morgan fingerprint density at radius 2 is 1.74 bits per heavy atom. The van der Waals surface area contributed by atoms with E-state index in [-0.39, 0.29) is 12.1 Å². The summed E-state index contributed by atoms with van der Waals surface area (Å²) < 4.78 is 1.08. The second kappa shape index (κ2) is 6.22. The molecule has 0 spiro atoms. The highest BCUT2D eigenvalue weighted by atomic mass is 79.9. The van der Waals surface area contributed by atoms with Crippen LogP contribution in [-0.4, -0.2) is 5.11 Å². The summed E-state index contributed by atoms with van der Waals surface area (Å²) in [5.74, 6) is 0.337. The average Bonchev–Trinajstić information content (AvgIpc) is 2.39. The number of benzene rings is 2. The van der Waals surface area contributed by atoms with Crippen molar-refractivity contribution in [3.05, 3.63) is 64.1 Å². The highest BCUT2D eigenvalue weighted by molar-refractivity contribution is 9.10. The lowest BCUT2D eigenvalue weighted by molar-refractivity contribution is 0.438. The zero-order chi connectivity index (χ0) is 13.8. The first kappa shape index (κ1) is 14.1. The van der Waals surface area contributed by atoms with Gasteiger partial charge in [0.1, 0.15) is 5.75 Å². The van der Waals surface area contributed by atoms with Crippen molar-refractivity contribution in [2.45, 2.75) is 25.9 Å². The SMILES string of the molecule is CC(N[C@H](C)c1cccc(Br)c1)c1ccccc1O. The predicted molar refractivity (Wildman–Crippen MR) is 82.2 cm³/mol. The molecule has 2 N–H and O–H groups in total. The van der Waals surface area contributed by atoms with Gasteiger partial charge in [-0.1, -0.05) is 46.3 Å². The molecular formula is C16H18BrNO. The number of nitrogens with one attached hydrogen (secondary N) is 1. The molecule has 0 radical (unpaired) electrons. The monoisotopic (exact) mass is 319 g/mol. The van der Waals surface area contributed by atoms with E-state index in [9.17, 15) is 5.11 Å². The highest BCUT2D eigenvalue weighted by Crippen LogP contribution is 2.26. The van der Waals surface area contributed by atoms with Gasteiger partial charge < -0.3 is 10.4 Å². The topological polar surface area (TPSA) is 32.3 Å². The van der Waals surface area contributed by atoms with Gasteiger partial charge in [-0.15, -0.1) is 0 Å². The van der Waals surface area contributed by atoms with Crippen molar-refractivity contribution in [1.82, 2.24) is 5.32 Å². The Morgan fingerprint density at radius 1 is 1.00 bits per heavy atom. The van der Waals surface area contributed by atoms with Gasteiger partial charge in [0.05, 0.1) is 0 Å². The number of halogens is 1. The summed E-state index contributed by atoms with van der Waals surface area (Å²) in [4.78, 5) is 0. The fraction of sp³-hybridized carbons (Fsp3) is 0.250. The molecule has 0 aliphatic rings. The lowest BCUT2D eigenvalue weighted by Crippen LogP contribution is -2.22. The smallest absolute Gasteiger partial charge is 0.120 e. The third-order valence-corrected chi connectivity index (χ3v) is 3.75. The van der Waals surface area contributed by atoms with Gasteiger partial charge >= 0.3 is 0 Å². The van der Waals surface area contributed by atoms with E-state index in [4.69, 9.17) is 0 Å². The predicted octanol–water partition coefficient (Wildman–Crippen LogP) is 4.57. The summed E-state index contributed by atoms with van der Waals surface area (Å²) in [6.45, 7) is 4.18. The maximum Gasteiger partial charge on any atom is 0.120 e. The zero-order valence-electron chi connectivity index (χ0n) is 11.1. The molecule has 2 rings (SSSR count). The maximum atomic E-state index is 9.86. The lowest BCUT2D eigenvalue weighted by atomic mass is 10.0. The van der Waals surface area contributed by atoms with Crippen LogP contribution in [0.2, 0.25) is 0 Å². The standard InChI is InChI=1S/C16H18BrNO/c1-11(13-6-5-7-14(17)10-13)18-12(2)15-8-3-4-9-16(15)19/h3-12,18-19H,1-2H3/t11-,12?/m1/s1.